The number of hydrogen-bond donors (Lipinski definition) is 1. The quantitative estimate of drug-likeness (QED) is 0.781. The minimum absolute atomic E-state index is 0.00501. The minimum Gasteiger partial charge on any atom is -0.333 e. The van der Waals surface area contributed by atoms with Crippen LogP contribution >= 0.6 is 22.6 Å². The molecule has 3 aliphatic heterocycles. The SMILES string of the molecule is O=C(NC1CC2CCN(CC2)C1)n1ccc(I)c1. The highest BCUT2D eigenvalue weighted by molar-refractivity contribution is 14.1. The molecular formula is C13H18IN3O. The highest BCUT2D eigenvalue weighted by Crippen LogP contribution is 2.26. The Morgan fingerprint density at radius 3 is 2.83 bits per heavy atom. The van der Waals surface area contributed by atoms with E-state index in [4.69, 9.17) is 0 Å². The molecule has 0 aromatic carbocycles. The summed E-state index contributed by atoms with van der Waals surface area (Å²) in [5.74, 6) is 0.804. The predicted molar refractivity (Wildman–Crippen MR) is 78.6 cm³/mol. The minimum atomic E-state index is 0.00501. The Morgan fingerprint density at radius 1 is 1.39 bits per heavy atom. The van der Waals surface area contributed by atoms with Crippen molar-refractivity contribution < 1.29 is 4.79 Å². The number of piperidine rings is 1. The van der Waals surface area contributed by atoms with Crippen molar-refractivity contribution in [3.8, 4) is 0 Å². The molecule has 4 nitrogen and oxygen atoms in total. The van der Waals surface area contributed by atoms with Gasteiger partial charge in [-0.15, -0.1) is 0 Å². The maximum atomic E-state index is 12.1. The monoisotopic (exact) mass is 359 g/mol. The van der Waals surface area contributed by atoms with Gasteiger partial charge in [0, 0.05) is 28.6 Å². The molecule has 98 valence electrons. The number of rotatable bonds is 1. The van der Waals surface area contributed by atoms with E-state index in [9.17, 15) is 4.79 Å². The molecule has 1 N–H and O–H groups in total. The summed E-state index contributed by atoms with van der Waals surface area (Å²) >= 11 is 2.22. The zero-order valence-electron chi connectivity index (χ0n) is 10.3. The molecule has 0 aliphatic carbocycles. The molecule has 3 aliphatic rings. The van der Waals surface area contributed by atoms with E-state index in [1.807, 2.05) is 18.5 Å². The van der Waals surface area contributed by atoms with Crippen LogP contribution in [0.3, 0.4) is 0 Å². The topological polar surface area (TPSA) is 37.3 Å². The third-order valence-electron chi connectivity index (χ3n) is 4.02. The molecule has 4 rings (SSSR count). The summed E-state index contributed by atoms with van der Waals surface area (Å²) in [4.78, 5) is 14.6. The maximum Gasteiger partial charge on any atom is 0.325 e. The van der Waals surface area contributed by atoms with Crippen molar-refractivity contribution in [2.24, 2.45) is 5.92 Å². The molecule has 1 aromatic heterocycles. The van der Waals surface area contributed by atoms with Crippen molar-refractivity contribution >= 4 is 28.6 Å². The molecule has 4 heterocycles. The summed E-state index contributed by atoms with van der Waals surface area (Å²) in [6.07, 6.45) is 7.42. The van der Waals surface area contributed by atoms with E-state index < -0.39 is 0 Å². The third-order valence-corrected chi connectivity index (χ3v) is 4.66. The van der Waals surface area contributed by atoms with Crippen molar-refractivity contribution in [3.05, 3.63) is 22.0 Å². The van der Waals surface area contributed by atoms with Crippen LogP contribution < -0.4 is 5.32 Å². The van der Waals surface area contributed by atoms with Gasteiger partial charge in [-0.2, -0.15) is 0 Å². The largest absolute Gasteiger partial charge is 0.333 e. The molecule has 5 heteroatoms. The van der Waals surface area contributed by atoms with Crippen LogP contribution in [0.4, 0.5) is 4.79 Å². The second kappa shape index (κ2) is 5.21. The van der Waals surface area contributed by atoms with Crippen molar-refractivity contribution in [1.82, 2.24) is 14.8 Å². The van der Waals surface area contributed by atoms with Crippen LogP contribution in [0.25, 0.3) is 0 Å². The van der Waals surface area contributed by atoms with E-state index in [1.54, 1.807) is 4.57 Å². The van der Waals surface area contributed by atoms with Gasteiger partial charge in [0.1, 0.15) is 0 Å². The fraction of sp³-hybridized carbons (Fsp3) is 0.615. The highest BCUT2D eigenvalue weighted by atomic mass is 127. The lowest BCUT2D eigenvalue weighted by Crippen LogP contribution is -2.43. The fourth-order valence-corrected chi connectivity index (χ4v) is 3.50. The van der Waals surface area contributed by atoms with Crippen LogP contribution in [0.5, 0.6) is 0 Å². The number of carbonyl (C=O) groups is 1. The Morgan fingerprint density at radius 2 is 2.17 bits per heavy atom. The zero-order chi connectivity index (χ0) is 12.5. The number of amides is 1. The molecule has 0 spiro atoms. The van der Waals surface area contributed by atoms with Gasteiger partial charge in [0.05, 0.1) is 0 Å². The number of carbonyl (C=O) groups excluding carboxylic acids is 1. The van der Waals surface area contributed by atoms with Crippen LogP contribution in [0.15, 0.2) is 18.5 Å². The van der Waals surface area contributed by atoms with Crippen LogP contribution in [0.2, 0.25) is 0 Å². The summed E-state index contributed by atoms with van der Waals surface area (Å²) in [5.41, 5.74) is 0. The van der Waals surface area contributed by atoms with Gasteiger partial charge in [0.15, 0.2) is 0 Å². The molecule has 2 bridgehead atoms. The van der Waals surface area contributed by atoms with Crippen LogP contribution in [0, 0.1) is 9.49 Å². The molecule has 1 aromatic rings. The molecule has 1 amide bonds. The number of fused-ring (bicyclic) bond motifs is 4. The van der Waals surface area contributed by atoms with Crippen LogP contribution in [-0.4, -0.2) is 41.2 Å². The first kappa shape index (κ1) is 12.5. The fourth-order valence-electron chi connectivity index (χ4n) is 3.04. The first-order chi connectivity index (χ1) is 8.70. The molecular weight excluding hydrogens is 341 g/mol. The Hall–Kier alpha value is -0.560. The van der Waals surface area contributed by atoms with Gasteiger partial charge >= 0.3 is 6.03 Å². The van der Waals surface area contributed by atoms with Crippen molar-refractivity contribution in [3.63, 3.8) is 0 Å². The predicted octanol–water partition coefficient (Wildman–Crippen LogP) is 2.13. The third kappa shape index (κ3) is 2.71. The lowest BCUT2D eigenvalue weighted by atomic mass is 9.94. The molecule has 1 unspecified atom stereocenters. The van der Waals surface area contributed by atoms with E-state index in [2.05, 4.69) is 32.8 Å². The molecule has 0 radical (unpaired) electrons. The lowest BCUT2D eigenvalue weighted by molar-refractivity contribution is 0.217. The average molecular weight is 359 g/mol. The number of hydrogen-bond acceptors (Lipinski definition) is 2. The molecule has 3 fully saturated rings. The Balaban J connectivity index is 1.64. The van der Waals surface area contributed by atoms with Gasteiger partial charge < -0.3 is 10.2 Å². The second-order valence-electron chi connectivity index (χ2n) is 5.36. The molecule has 1 atom stereocenters. The first-order valence-electron chi connectivity index (χ1n) is 6.57. The van der Waals surface area contributed by atoms with Crippen molar-refractivity contribution in [2.45, 2.75) is 25.3 Å². The van der Waals surface area contributed by atoms with Crippen molar-refractivity contribution in [2.75, 3.05) is 19.6 Å². The Labute approximate surface area is 121 Å². The van der Waals surface area contributed by atoms with E-state index in [1.165, 1.54) is 25.9 Å². The number of halogens is 1. The zero-order valence-corrected chi connectivity index (χ0v) is 12.5. The van der Waals surface area contributed by atoms with Gasteiger partial charge in [-0.05, 0) is 66.9 Å². The van der Waals surface area contributed by atoms with Crippen molar-refractivity contribution in [1.29, 1.82) is 0 Å². The lowest BCUT2D eigenvalue weighted by Gasteiger charge is -2.26. The maximum absolute atomic E-state index is 12.1. The molecule has 0 saturated carbocycles. The summed E-state index contributed by atoms with van der Waals surface area (Å²) in [7, 11) is 0. The average Bonchev–Trinajstić information content (AvgIpc) is 2.59. The van der Waals surface area contributed by atoms with E-state index >= 15 is 0 Å². The standard InChI is InChI=1S/C13H18IN3O/c14-11-3-6-17(8-11)13(18)15-12-7-10-1-4-16(9-12)5-2-10/h3,6,8,10,12H,1-2,4-5,7,9H2,(H,15,18). The first-order valence-corrected chi connectivity index (χ1v) is 7.65. The summed E-state index contributed by atoms with van der Waals surface area (Å²) < 4.78 is 2.73. The van der Waals surface area contributed by atoms with Gasteiger partial charge in [-0.3, -0.25) is 4.57 Å². The highest BCUT2D eigenvalue weighted by Gasteiger charge is 2.29. The summed E-state index contributed by atoms with van der Waals surface area (Å²) in [6.45, 7) is 3.43. The van der Waals surface area contributed by atoms with E-state index in [0.717, 1.165) is 22.5 Å². The summed E-state index contributed by atoms with van der Waals surface area (Å²) in [5, 5.41) is 3.17. The van der Waals surface area contributed by atoms with Crippen LogP contribution in [0.1, 0.15) is 19.3 Å². The smallest absolute Gasteiger partial charge is 0.325 e. The van der Waals surface area contributed by atoms with Gasteiger partial charge in [-0.25, -0.2) is 4.79 Å². The van der Waals surface area contributed by atoms with E-state index in [-0.39, 0.29) is 6.03 Å². The van der Waals surface area contributed by atoms with Gasteiger partial charge in [-0.1, -0.05) is 0 Å². The number of nitrogens with zero attached hydrogens (tertiary/aromatic N) is 2. The second-order valence-corrected chi connectivity index (χ2v) is 6.61. The summed E-state index contributed by atoms with van der Waals surface area (Å²) in [6, 6.07) is 2.26. The van der Waals surface area contributed by atoms with Crippen LogP contribution in [-0.2, 0) is 0 Å². The molecule has 3 saturated heterocycles. The Kier molecular flexibility index (Phi) is 3.61. The molecule has 18 heavy (non-hydrogen) atoms. The normalized spacial score (nSPS) is 31.1. The Bertz CT molecular complexity index is 423. The number of aromatic nitrogens is 1. The van der Waals surface area contributed by atoms with Gasteiger partial charge in [0.25, 0.3) is 0 Å². The number of nitrogens with one attached hydrogen (secondary N) is 1. The van der Waals surface area contributed by atoms with E-state index in [0.29, 0.717) is 6.04 Å². The van der Waals surface area contributed by atoms with Gasteiger partial charge in [0.2, 0.25) is 0 Å².